The lowest BCUT2D eigenvalue weighted by atomic mass is 9.94. The van der Waals surface area contributed by atoms with E-state index in [2.05, 4.69) is 0 Å². The maximum absolute atomic E-state index is 13.5. The number of nitrogens with one attached hydrogen (secondary N) is 1. The van der Waals surface area contributed by atoms with Gasteiger partial charge in [0, 0.05) is 5.56 Å². The molecule has 0 radical (unpaired) electrons. The summed E-state index contributed by atoms with van der Waals surface area (Å²) in [5.74, 6) is -0.946. The number of ether oxygens (including phenoxy) is 2. The van der Waals surface area contributed by atoms with Gasteiger partial charge in [-0.3, -0.25) is 0 Å². The summed E-state index contributed by atoms with van der Waals surface area (Å²) in [6.07, 6.45) is -15.0. The second-order valence-corrected chi connectivity index (χ2v) is 8.90. The first-order chi connectivity index (χ1) is 18.4. The first-order valence-corrected chi connectivity index (χ1v) is 11.5. The molecule has 1 unspecified atom stereocenters. The molecule has 0 spiro atoms. The topological polar surface area (TPSA) is 62.5 Å². The van der Waals surface area contributed by atoms with Crippen molar-refractivity contribution in [1.29, 1.82) is 5.41 Å². The third-order valence-electron chi connectivity index (χ3n) is 5.49. The number of halogens is 9. The predicted octanol–water partition coefficient (Wildman–Crippen LogP) is 8.37. The van der Waals surface area contributed by atoms with E-state index < -0.39 is 63.1 Å². The molecule has 0 aliphatic carbocycles. The summed E-state index contributed by atoms with van der Waals surface area (Å²) in [7, 11) is 2.79. The number of phenols is 1. The molecule has 3 rings (SSSR count). The summed E-state index contributed by atoms with van der Waals surface area (Å²) in [5, 5.41) is 17.6. The number of methoxy groups -OCH3 is 1. The third kappa shape index (κ3) is 7.26. The highest BCUT2D eigenvalue weighted by Crippen LogP contribution is 2.45. The standard InChI is InChI=1S/C26H19F9NO3P/c1-38-17-4-2-13(3-5-17)12-39-20-7-6-18(19(36)11-21(40)26(33,34)35)23(37)22(20)14-8-15(24(27,28)29)10-16(9-14)25(30,31)32/h2-11,36-37H,12,40H2,1H3/b21-11-,36-19?. The van der Waals surface area contributed by atoms with Gasteiger partial charge in [0.1, 0.15) is 23.9 Å². The van der Waals surface area contributed by atoms with Gasteiger partial charge in [-0.05, 0) is 59.7 Å². The van der Waals surface area contributed by atoms with Gasteiger partial charge in [-0.2, -0.15) is 39.5 Å². The van der Waals surface area contributed by atoms with Gasteiger partial charge in [0.15, 0.2) is 0 Å². The van der Waals surface area contributed by atoms with Crippen LogP contribution in [0, 0.1) is 5.41 Å². The van der Waals surface area contributed by atoms with Crippen LogP contribution in [0.5, 0.6) is 17.2 Å². The fourth-order valence-electron chi connectivity index (χ4n) is 3.49. The molecule has 0 saturated carbocycles. The predicted molar refractivity (Wildman–Crippen MR) is 132 cm³/mol. The van der Waals surface area contributed by atoms with Crippen LogP contribution in [0.15, 0.2) is 66.0 Å². The Hall–Kier alpha value is -3.73. The van der Waals surface area contributed by atoms with Gasteiger partial charge in [-0.1, -0.05) is 12.1 Å². The summed E-state index contributed by atoms with van der Waals surface area (Å²) in [6, 6.07) is 8.82. The van der Waals surface area contributed by atoms with Crippen molar-refractivity contribution in [3.05, 3.63) is 88.2 Å². The molecule has 14 heteroatoms. The van der Waals surface area contributed by atoms with Crippen molar-refractivity contribution in [2.75, 3.05) is 7.11 Å². The van der Waals surface area contributed by atoms with Crippen LogP contribution < -0.4 is 9.47 Å². The molecule has 1 atom stereocenters. The minimum Gasteiger partial charge on any atom is -0.506 e. The maximum Gasteiger partial charge on any atom is 0.416 e. The SMILES string of the molecule is COc1ccc(COc2ccc(C(=N)/C=C(\P)C(F)(F)F)c(O)c2-c2cc(C(F)(F)F)cc(C(F)(F)F)c2)cc1. The minimum atomic E-state index is -5.22. The van der Waals surface area contributed by atoms with E-state index in [0.29, 0.717) is 29.5 Å². The smallest absolute Gasteiger partial charge is 0.416 e. The van der Waals surface area contributed by atoms with Gasteiger partial charge in [-0.15, -0.1) is 9.24 Å². The van der Waals surface area contributed by atoms with E-state index in [1.165, 1.54) is 16.3 Å². The van der Waals surface area contributed by atoms with E-state index in [-0.39, 0.29) is 18.4 Å². The molecule has 2 N–H and O–H groups in total. The molecule has 0 aliphatic rings. The lowest BCUT2D eigenvalue weighted by Gasteiger charge is -2.19. The second-order valence-electron chi connectivity index (χ2n) is 8.28. The molecule has 3 aromatic rings. The number of alkyl halides is 9. The number of allylic oxidation sites excluding steroid dienone is 2. The van der Waals surface area contributed by atoms with E-state index >= 15 is 0 Å². The monoisotopic (exact) mass is 595 g/mol. The first kappa shape index (κ1) is 30.8. The van der Waals surface area contributed by atoms with Crippen molar-refractivity contribution in [1.82, 2.24) is 0 Å². The Kier molecular flexibility index (Phi) is 8.78. The molecule has 0 aromatic heterocycles. The summed E-state index contributed by atoms with van der Waals surface area (Å²) < 4.78 is 131. The Morgan fingerprint density at radius 3 is 1.90 bits per heavy atom. The van der Waals surface area contributed by atoms with Crippen molar-refractivity contribution in [2.45, 2.75) is 25.1 Å². The molecular formula is C26H19F9NO3P. The van der Waals surface area contributed by atoms with Crippen LogP contribution in [0.3, 0.4) is 0 Å². The van der Waals surface area contributed by atoms with Crippen molar-refractivity contribution in [2.24, 2.45) is 0 Å². The van der Waals surface area contributed by atoms with Crippen LogP contribution in [-0.2, 0) is 19.0 Å². The lowest BCUT2D eigenvalue weighted by molar-refractivity contribution is -0.143. The highest BCUT2D eigenvalue weighted by Gasteiger charge is 2.38. The summed E-state index contributed by atoms with van der Waals surface area (Å²) >= 11 is 0. The number of benzene rings is 3. The quantitative estimate of drug-likeness (QED) is 0.164. The average molecular weight is 595 g/mol. The van der Waals surface area contributed by atoms with Crippen molar-refractivity contribution in [3.63, 3.8) is 0 Å². The minimum absolute atomic E-state index is 0.114. The molecule has 4 nitrogen and oxygen atoms in total. The molecule has 0 bridgehead atoms. The van der Waals surface area contributed by atoms with Crippen LogP contribution in [0.2, 0.25) is 0 Å². The second kappa shape index (κ2) is 11.4. The third-order valence-corrected chi connectivity index (χ3v) is 5.98. The van der Waals surface area contributed by atoms with E-state index in [1.807, 2.05) is 0 Å². The van der Waals surface area contributed by atoms with E-state index in [0.717, 1.165) is 12.1 Å². The van der Waals surface area contributed by atoms with Crippen LogP contribution in [0.4, 0.5) is 39.5 Å². The van der Waals surface area contributed by atoms with Crippen LogP contribution in [0.25, 0.3) is 11.1 Å². The van der Waals surface area contributed by atoms with E-state index in [9.17, 15) is 44.6 Å². The zero-order valence-corrected chi connectivity index (χ0v) is 21.4. The molecule has 0 heterocycles. The number of aromatic hydroxyl groups is 1. The largest absolute Gasteiger partial charge is 0.506 e. The lowest BCUT2D eigenvalue weighted by Crippen LogP contribution is -2.11. The van der Waals surface area contributed by atoms with Crippen molar-refractivity contribution < 1.29 is 54.1 Å². The molecule has 0 aliphatic heterocycles. The molecule has 40 heavy (non-hydrogen) atoms. The summed E-state index contributed by atoms with van der Waals surface area (Å²) in [4.78, 5) is 0. The Balaban J connectivity index is 2.23. The Bertz CT molecular complexity index is 1400. The van der Waals surface area contributed by atoms with Gasteiger partial charge in [-0.25, -0.2) is 0 Å². The molecular weight excluding hydrogens is 576 g/mol. The summed E-state index contributed by atoms with van der Waals surface area (Å²) in [6.45, 7) is -0.262. The molecule has 3 aromatic carbocycles. The van der Waals surface area contributed by atoms with Crippen molar-refractivity contribution in [3.8, 4) is 28.4 Å². The van der Waals surface area contributed by atoms with Crippen LogP contribution >= 0.6 is 9.24 Å². The molecule has 214 valence electrons. The van der Waals surface area contributed by atoms with E-state index in [1.54, 1.807) is 24.3 Å². The first-order valence-electron chi connectivity index (χ1n) is 11.0. The highest BCUT2D eigenvalue weighted by molar-refractivity contribution is 7.22. The van der Waals surface area contributed by atoms with Gasteiger partial charge < -0.3 is 20.0 Å². The van der Waals surface area contributed by atoms with Gasteiger partial charge in [0.25, 0.3) is 0 Å². The fourth-order valence-corrected chi connectivity index (χ4v) is 3.65. The number of phenolic OH excluding ortho intramolecular Hbond substituents is 1. The molecule has 0 amide bonds. The Labute approximate surface area is 223 Å². The van der Waals surface area contributed by atoms with Crippen LogP contribution in [-0.4, -0.2) is 24.1 Å². The normalized spacial score (nSPS) is 12.8. The van der Waals surface area contributed by atoms with Gasteiger partial charge >= 0.3 is 18.5 Å². The van der Waals surface area contributed by atoms with Gasteiger partial charge in [0.2, 0.25) is 0 Å². The molecule has 0 saturated heterocycles. The summed E-state index contributed by atoms with van der Waals surface area (Å²) in [5.41, 5.74) is -5.86. The zero-order chi connectivity index (χ0) is 30.0. The zero-order valence-electron chi connectivity index (χ0n) is 20.2. The Morgan fingerprint density at radius 2 is 1.43 bits per heavy atom. The number of hydrogen-bond acceptors (Lipinski definition) is 4. The Morgan fingerprint density at radius 1 is 0.875 bits per heavy atom. The average Bonchev–Trinajstić information content (AvgIpc) is 2.85. The number of hydrogen-bond donors (Lipinski definition) is 2. The van der Waals surface area contributed by atoms with Crippen LogP contribution in [0.1, 0.15) is 22.3 Å². The van der Waals surface area contributed by atoms with E-state index in [4.69, 9.17) is 14.9 Å². The number of rotatable bonds is 7. The molecule has 0 fully saturated rings. The highest BCUT2D eigenvalue weighted by atomic mass is 31.0. The maximum atomic E-state index is 13.5. The van der Waals surface area contributed by atoms with Crippen molar-refractivity contribution >= 4 is 15.0 Å². The fraction of sp³-hybridized carbons (Fsp3) is 0.192. The van der Waals surface area contributed by atoms with Gasteiger partial charge in [0.05, 0.1) is 34.8 Å².